The van der Waals surface area contributed by atoms with Crippen LogP contribution in [0.2, 0.25) is 0 Å². The first kappa shape index (κ1) is 15.0. The SMILES string of the molecule is COc1c(C(NN)c2ccccc2Br)ccc(C)c1C. The van der Waals surface area contributed by atoms with Crippen molar-refractivity contribution in [1.29, 1.82) is 0 Å². The van der Waals surface area contributed by atoms with Crippen molar-refractivity contribution in [1.82, 2.24) is 5.43 Å². The highest BCUT2D eigenvalue weighted by molar-refractivity contribution is 9.10. The van der Waals surface area contributed by atoms with Crippen LogP contribution in [-0.4, -0.2) is 7.11 Å². The Morgan fingerprint density at radius 3 is 2.40 bits per heavy atom. The van der Waals surface area contributed by atoms with Gasteiger partial charge in [-0.05, 0) is 36.6 Å². The molecule has 0 bridgehead atoms. The second kappa shape index (κ2) is 6.39. The molecule has 0 heterocycles. The summed E-state index contributed by atoms with van der Waals surface area (Å²) in [5.74, 6) is 6.67. The molecule has 0 amide bonds. The van der Waals surface area contributed by atoms with Crippen LogP contribution in [0, 0.1) is 13.8 Å². The Balaban J connectivity index is 2.59. The second-order valence-corrected chi connectivity index (χ2v) is 5.61. The van der Waals surface area contributed by atoms with E-state index in [1.165, 1.54) is 5.56 Å². The maximum atomic E-state index is 5.79. The summed E-state index contributed by atoms with van der Waals surface area (Å²) in [5, 5.41) is 0. The smallest absolute Gasteiger partial charge is 0.127 e. The van der Waals surface area contributed by atoms with Gasteiger partial charge in [-0.15, -0.1) is 0 Å². The van der Waals surface area contributed by atoms with Crippen molar-refractivity contribution in [3.8, 4) is 5.75 Å². The number of hydrazine groups is 1. The maximum Gasteiger partial charge on any atom is 0.127 e. The highest BCUT2D eigenvalue weighted by atomic mass is 79.9. The summed E-state index contributed by atoms with van der Waals surface area (Å²) in [4.78, 5) is 0. The molecule has 2 rings (SSSR count). The third-order valence-corrected chi connectivity index (χ3v) is 4.33. The summed E-state index contributed by atoms with van der Waals surface area (Å²) in [6.45, 7) is 4.14. The van der Waals surface area contributed by atoms with Crippen LogP contribution in [-0.2, 0) is 0 Å². The fourth-order valence-electron chi connectivity index (χ4n) is 2.37. The van der Waals surface area contributed by atoms with Crippen LogP contribution in [0.3, 0.4) is 0 Å². The molecule has 2 aromatic carbocycles. The molecular formula is C16H19BrN2O. The molecule has 1 atom stereocenters. The van der Waals surface area contributed by atoms with Gasteiger partial charge in [-0.25, -0.2) is 5.43 Å². The van der Waals surface area contributed by atoms with Gasteiger partial charge in [-0.2, -0.15) is 0 Å². The van der Waals surface area contributed by atoms with Gasteiger partial charge in [0.25, 0.3) is 0 Å². The number of rotatable bonds is 4. The van der Waals surface area contributed by atoms with Gasteiger partial charge in [0, 0.05) is 10.0 Å². The maximum absolute atomic E-state index is 5.79. The molecule has 4 heteroatoms. The lowest BCUT2D eigenvalue weighted by Crippen LogP contribution is -2.29. The van der Waals surface area contributed by atoms with Crippen molar-refractivity contribution in [2.45, 2.75) is 19.9 Å². The van der Waals surface area contributed by atoms with Gasteiger partial charge in [0.1, 0.15) is 5.75 Å². The fraction of sp³-hybridized carbons (Fsp3) is 0.250. The summed E-state index contributed by atoms with van der Waals surface area (Å²) in [6.07, 6.45) is 0. The predicted octanol–water partition coefficient (Wildman–Crippen LogP) is 3.63. The molecule has 0 saturated heterocycles. The summed E-state index contributed by atoms with van der Waals surface area (Å²) >= 11 is 3.58. The van der Waals surface area contributed by atoms with Gasteiger partial charge < -0.3 is 4.74 Å². The molecule has 106 valence electrons. The molecule has 0 aliphatic rings. The van der Waals surface area contributed by atoms with Crippen molar-refractivity contribution in [2.24, 2.45) is 5.84 Å². The Morgan fingerprint density at radius 1 is 1.10 bits per heavy atom. The minimum Gasteiger partial charge on any atom is -0.496 e. The number of nitrogens with one attached hydrogen (secondary N) is 1. The van der Waals surface area contributed by atoms with E-state index >= 15 is 0 Å². The van der Waals surface area contributed by atoms with Crippen LogP contribution < -0.4 is 16.0 Å². The van der Waals surface area contributed by atoms with Crippen molar-refractivity contribution in [3.05, 3.63) is 63.1 Å². The van der Waals surface area contributed by atoms with Gasteiger partial charge in [0.2, 0.25) is 0 Å². The first-order valence-corrected chi connectivity index (χ1v) is 7.24. The second-order valence-electron chi connectivity index (χ2n) is 4.75. The molecule has 3 nitrogen and oxygen atoms in total. The Bertz CT molecular complexity index is 613. The average Bonchev–Trinajstić information content (AvgIpc) is 2.45. The summed E-state index contributed by atoms with van der Waals surface area (Å²) in [6, 6.07) is 12.1. The van der Waals surface area contributed by atoms with E-state index in [-0.39, 0.29) is 6.04 Å². The number of methoxy groups -OCH3 is 1. The summed E-state index contributed by atoms with van der Waals surface area (Å²) in [7, 11) is 1.69. The first-order valence-electron chi connectivity index (χ1n) is 6.44. The molecule has 0 radical (unpaired) electrons. The van der Waals surface area contributed by atoms with E-state index in [9.17, 15) is 0 Å². The number of benzene rings is 2. The van der Waals surface area contributed by atoms with Gasteiger partial charge in [-0.1, -0.05) is 46.3 Å². The third kappa shape index (κ3) is 2.73. The summed E-state index contributed by atoms with van der Waals surface area (Å²) < 4.78 is 6.61. The van der Waals surface area contributed by atoms with Crippen LogP contribution >= 0.6 is 15.9 Å². The topological polar surface area (TPSA) is 47.3 Å². The van der Waals surface area contributed by atoms with Crippen LogP contribution in [0.4, 0.5) is 0 Å². The summed E-state index contributed by atoms with van der Waals surface area (Å²) in [5.41, 5.74) is 7.34. The lowest BCUT2D eigenvalue weighted by Gasteiger charge is -2.22. The Morgan fingerprint density at radius 2 is 1.80 bits per heavy atom. The third-order valence-electron chi connectivity index (χ3n) is 3.61. The standard InChI is InChI=1S/C16H19BrN2O/c1-10-8-9-13(16(20-3)11(10)2)15(19-18)12-6-4-5-7-14(12)17/h4-9,15,19H,18H2,1-3H3. The Labute approximate surface area is 128 Å². The van der Waals surface area contributed by atoms with E-state index in [0.717, 1.165) is 26.9 Å². The first-order chi connectivity index (χ1) is 9.60. The Kier molecular flexibility index (Phi) is 4.81. The quantitative estimate of drug-likeness (QED) is 0.663. The number of nitrogens with two attached hydrogens (primary N) is 1. The lowest BCUT2D eigenvalue weighted by molar-refractivity contribution is 0.400. The van der Waals surface area contributed by atoms with Gasteiger partial charge >= 0.3 is 0 Å². The molecule has 0 spiro atoms. The molecule has 20 heavy (non-hydrogen) atoms. The van der Waals surface area contributed by atoms with Gasteiger partial charge in [-0.3, -0.25) is 5.84 Å². The molecule has 3 N–H and O–H groups in total. The number of halogens is 1. The average molecular weight is 335 g/mol. The zero-order valence-electron chi connectivity index (χ0n) is 11.9. The molecule has 0 saturated carbocycles. The fourth-order valence-corrected chi connectivity index (χ4v) is 2.88. The zero-order chi connectivity index (χ0) is 14.7. The molecular weight excluding hydrogens is 316 g/mol. The van der Waals surface area contributed by atoms with E-state index in [2.05, 4.69) is 47.3 Å². The monoisotopic (exact) mass is 334 g/mol. The van der Waals surface area contributed by atoms with E-state index in [0.29, 0.717) is 0 Å². The largest absolute Gasteiger partial charge is 0.496 e. The van der Waals surface area contributed by atoms with E-state index in [1.54, 1.807) is 7.11 Å². The molecule has 0 fully saturated rings. The number of hydrogen-bond acceptors (Lipinski definition) is 3. The van der Waals surface area contributed by atoms with Crippen LogP contribution in [0.5, 0.6) is 5.75 Å². The van der Waals surface area contributed by atoms with Crippen molar-refractivity contribution >= 4 is 15.9 Å². The van der Waals surface area contributed by atoms with E-state index < -0.39 is 0 Å². The molecule has 0 aliphatic heterocycles. The Hall–Kier alpha value is -1.36. The van der Waals surface area contributed by atoms with Crippen LogP contribution in [0.25, 0.3) is 0 Å². The number of hydrogen-bond donors (Lipinski definition) is 2. The van der Waals surface area contributed by atoms with Crippen molar-refractivity contribution < 1.29 is 4.74 Å². The minimum atomic E-state index is -0.125. The van der Waals surface area contributed by atoms with Gasteiger partial charge in [0.15, 0.2) is 0 Å². The van der Waals surface area contributed by atoms with Gasteiger partial charge in [0.05, 0.1) is 13.2 Å². The number of aryl methyl sites for hydroxylation is 1. The molecule has 0 aromatic heterocycles. The van der Waals surface area contributed by atoms with E-state index in [1.807, 2.05) is 24.3 Å². The van der Waals surface area contributed by atoms with Crippen molar-refractivity contribution in [2.75, 3.05) is 7.11 Å². The minimum absolute atomic E-state index is 0.125. The zero-order valence-corrected chi connectivity index (χ0v) is 13.5. The highest BCUT2D eigenvalue weighted by Gasteiger charge is 2.20. The van der Waals surface area contributed by atoms with Crippen LogP contribution in [0.1, 0.15) is 28.3 Å². The van der Waals surface area contributed by atoms with E-state index in [4.69, 9.17) is 10.6 Å². The van der Waals surface area contributed by atoms with Crippen molar-refractivity contribution in [3.63, 3.8) is 0 Å². The molecule has 1 unspecified atom stereocenters. The van der Waals surface area contributed by atoms with Crippen LogP contribution in [0.15, 0.2) is 40.9 Å². The number of ether oxygens (including phenoxy) is 1. The lowest BCUT2D eigenvalue weighted by atomic mass is 9.94. The predicted molar refractivity (Wildman–Crippen MR) is 85.8 cm³/mol. The molecule has 0 aliphatic carbocycles. The molecule has 2 aromatic rings. The normalized spacial score (nSPS) is 12.2. The highest BCUT2D eigenvalue weighted by Crippen LogP contribution is 2.36.